The molecule has 0 radical (unpaired) electrons. The maximum absolute atomic E-state index is 9.39. The third-order valence-electron chi connectivity index (χ3n) is 3.52. The van der Waals surface area contributed by atoms with Crippen LogP contribution >= 0.6 is 11.3 Å². The Hall–Kier alpha value is -2.45. The quantitative estimate of drug-likeness (QED) is 0.743. The molecular weight excluding hydrogens is 280 g/mol. The number of aromatic nitrogens is 3. The van der Waals surface area contributed by atoms with E-state index < -0.39 is 0 Å². The van der Waals surface area contributed by atoms with Crippen molar-refractivity contribution in [1.29, 1.82) is 5.26 Å². The van der Waals surface area contributed by atoms with Crippen molar-refractivity contribution < 1.29 is 0 Å². The van der Waals surface area contributed by atoms with E-state index in [-0.39, 0.29) is 0 Å². The number of hydrogen-bond acceptors (Lipinski definition) is 4. The van der Waals surface area contributed by atoms with Gasteiger partial charge in [0.1, 0.15) is 11.9 Å². The minimum Gasteiger partial charge on any atom is -0.337 e. The van der Waals surface area contributed by atoms with Gasteiger partial charge in [-0.3, -0.25) is 0 Å². The lowest BCUT2D eigenvalue weighted by Crippen LogP contribution is -1.85. The van der Waals surface area contributed by atoms with E-state index in [0.29, 0.717) is 17.3 Å². The van der Waals surface area contributed by atoms with Gasteiger partial charge < -0.3 is 4.98 Å². The number of aromatic amines is 1. The summed E-state index contributed by atoms with van der Waals surface area (Å²) in [5.41, 5.74) is 3.16. The summed E-state index contributed by atoms with van der Waals surface area (Å²) in [5.74, 6) is 1.24. The van der Waals surface area contributed by atoms with Gasteiger partial charge in [-0.25, -0.2) is 9.97 Å². The van der Waals surface area contributed by atoms with Crippen LogP contribution in [-0.4, -0.2) is 15.0 Å². The topological polar surface area (TPSA) is 65.4 Å². The van der Waals surface area contributed by atoms with Crippen molar-refractivity contribution in [1.82, 2.24) is 15.0 Å². The molecule has 1 saturated carbocycles. The second-order valence-electron chi connectivity index (χ2n) is 5.16. The van der Waals surface area contributed by atoms with Crippen molar-refractivity contribution in [3.63, 3.8) is 0 Å². The van der Waals surface area contributed by atoms with E-state index in [1.165, 1.54) is 17.8 Å². The first-order valence-electron chi connectivity index (χ1n) is 6.86. The normalized spacial score (nSPS) is 15.3. The molecule has 1 aliphatic carbocycles. The van der Waals surface area contributed by atoms with Crippen molar-refractivity contribution in [2.75, 3.05) is 0 Å². The molecule has 1 aliphatic rings. The molecule has 1 aromatic carbocycles. The third-order valence-corrected chi connectivity index (χ3v) is 4.55. The number of nitrogens with one attached hydrogen (secondary N) is 1. The van der Waals surface area contributed by atoms with Gasteiger partial charge in [0.25, 0.3) is 0 Å². The number of imidazole rings is 1. The molecule has 0 spiro atoms. The summed E-state index contributed by atoms with van der Waals surface area (Å²) in [7, 11) is 0. The van der Waals surface area contributed by atoms with Crippen molar-refractivity contribution in [2.24, 2.45) is 0 Å². The van der Waals surface area contributed by atoms with Gasteiger partial charge in [-0.2, -0.15) is 5.26 Å². The van der Waals surface area contributed by atoms with E-state index in [4.69, 9.17) is 0 Å². The molecule has 2 heterocycles. The van der Waals surface area contributed by atoms with Crippen molar-refractivity contribution in [3.05, 3.63) is 46.2 Å². The number of hydrogen-bond donors (Lipinski definition) is 1. The van der Waals surface area contributed by atoms with Crippen molar-refractivity contribution in [2.45, 2.75) is 18.8 Å². The number of para-hydroxylation sites is 2. The molecule has 3 aromatic rings. The minimum atomic E-state index is 0.513. The molecule has 21 heavy (non-hydrogen) atoms. The third kappa shape index (κ3) is 2.34. The molecule has 5 heteroatoms. The Morgan fingerprint density at radius 3 is 2.95 bits per heavy atom. The van der Waals surface area contributed by atoms with Gasteiger partial charge in [0.15, 0.2) is 0 Å². The summed E-state index contributed by atoms with van der Waals surface area (Å²) < 4.78 is 0. The summed E-state index contributed by atoms with van der Waals surface area (Å²) in [6, 6.07) is 9.98. The van der Waals surface area contributed by atoms with Crippen LogP contribution in [0.25, 0.3) is 22.7 Å². The highest BCUT2D eigenvalue weighted by atomic mass is 32.1. The summed E-state index contributed by atoms with van der Waals surface area (Å²) in [5, 5.41) is 12.6. The molecule has 0 unspecified atom stereocenters. The van der Waals surface area contributed by atoms with Crippen molar-refractivity contribution in [3.8, 4) is 6.07 Å². The molecule has 0 saturated heterocycles. The van der Waals surface area contributed by atoms with Crippen LogP contribution in [0.5, 0.6) is 0 Å². The van der Waals surface area contributed by atoms with E-state index in [9.17, 15) is 5.26 Å². The van der Waals surface area contributed by atoms with Gasteiger partial charge in [0, 0.05) is 11.3 Å². The Morgan fingerprint density at radius 1 is 1.33 bits per heavy atom. The Balaban J connectivity index is 1.72. The van der Waals surface area contributed by atoms with E-state index >= 15 is 0 Å². The average Bonchev–Trinajstić information content (AvgIpc) is 3.10. The summed E-state index contributed by atoms with van der Waals surface area (Å²) in [6.07, 6.45) is 4.29. The highest BCUT2D eigenvalue weighted by molar-refractivity contribution is 7.09. The number of H-pyrrole nitrogens is 1. The molecule has 1 fully saturated rings. The number of allylic oxidation sites excluding steroid dienone is 1. The van der Waals surface area contributed by atoms with Crippen LogP contribution in [0.1, 0.15) is 35.3 Å². The van der Waals surface area contributed by atoms with Crippen molar-refractivity contribution >= 4 is 34.0 Å². The fourth-order valence-corrected chi connectivity index (χ4v) is 3.22. The smallest absolute Gasteiger partial charge is 0.149 e. The van der Waals surface area contributed by atoms with Gasteiger partial charge in [-0.1, -0.05) is 12.1 Å². The zero-order chi connectivity index (χ0) is 14.2. The largest absolute Gasteiger partial charge is 0.337 e. The van der Waals surface area contributed by atoms with Gasteiger partial charge in [0.2, 0.25) is 0 Å². The Bertz CT molecular complexity index is 844. The van der Waals surface area contributed by atoms with Crippen LogP contribution in [0.15, 0.2) is 29.6 Å². The van der Waals surface area contributed by atoms with Crippen LogP contribution < -0.4 is 0 Å². The first kappa shape index (κ1) is 12.3. The lowest BCUT2D eigenvalue weighted by molar-refractivity contribution is 1.08. The van der Waals surface area contributed by atoms with E-state index in [1.807, 2.05) is 29.6 Å². The summed E-state index contributed by atoms with van der Waals surface area (Å²) >= 11 is 1.68. The zero-order valence-corrected chi connectivity index (χ0v) is 12.0. The van der Waals surface area contributed by atoms with Crippen LogP contribution in [0, 0.1) is 11.3 Å². The van der Waals surface area contributed by atoms with E-state index in [2.05, 4.69) is 21.0 Å². The lowest BCUT2D eigenvalue weighted by atomic mass is 10.2. The molecule has 0 amide bonds. The standard InChI is InChI=1S/C16H12N4S/c17-8-11(7-12-9-21-16(18-12)10-5-6-10)15-19-13-3-1-2-4-14(13)20-15/h1-4,7,9-10H,5-6H2,(H,19,20)/b11-7-. The molecule has 0 bridgehead atoms. The fraction of sp³-hybridized carbons (Fsp3) is 0.188. The second-order valence-corrected chi connectivity index (χ2v) is 6.05. The van der Waals surface area contributed by atoms with Gasteiger partial charge in [-0.15, -0.1) is 11.3 Å². The first-order valence-corrected chi connectivity index (χ1v) is 7.74. The molecule has 102 valence electrons. The number of benzene rings is 1. The van der Waals surface area contributed by atoms with E-state index in [1.54, 1.807) is 17.4 Å². The minimum absolute atomic E-state index is 0.513. The molecule has 4 nitrogen and oxygen atoms in total. The zero-order valence-electron chi connectivity index (χ0n) is 11.2. The molecule has 2 aromatic heterocycles. The number of rotatable bonds is 3. The second kappa shape index (κ2) is 4.83. The Morgan fingerprint density at radius 2 is 2.19 bits per heavy atom. The Labute approximate surface area is 125 Å². The van der Waals surface area contributed by atoms with Gasteiger partial charge in [0.05, 0.1) is 27.3 Å². The lowest BCUT2D eigenvalue weighted by Gasteiger charge is -1.91. The van der Waals surface area contributed by atoms with Gasteiger partial charge in [-0.05, 0) is 31.1 Å². The number of nitriles is 1. The maximum Gasteiger partial charge on any atom is 0.149 e. The number of nitrogens with zero attached hydrogens (tertiary/aromatic N) is 3. The molecule has 0 atom stereocenters. The SMILES string of the molecule is N#C/C(=C/c1csc(C2CC2)n1)c1nc2ccccc2[nH]1. The predicted molar refractivity (Wildman–Crippen MR) is 83.7 cm³/mol. The summed E-state index contributed by atoms with van der Waals surface area (Å²) in [6.45, 7) is 0. The molecule has 4 rings (SSSR count). The highest BCUT2D eigenvalue weighted by Gasteiger charge is 2.26. The highest BCUT2D eigenvalue weighted by Crippen LogP contribution is 2.41. The van der Waals surface area contributed by atoms with Gasteiger partial charge >= 0.3 is 0 Å². The first-order chi connectivity index (χ1) is 10.3. The van der Waals surface area contributed by atoms with E-state index in [0.717, 1.165) is 16.7 Å². The van der Waals surface area contributed by atoms with Crippen LogP contribution in [-0.2, 0) is 0 Å². The van der Waals surface area contributed by atoms with Crippen LogP contribution in [0.3, 0.4) is 0 Å². The average molecular weight is 292 g/mol. The molecule has 1 N–H and O–H groups in total. The molecular formula is C16H12N4S. The summed E-state index contributed by atoms with van der Waals surface area (Å²) in [4.78, 5) is 12.2. The van der Waals surface area contributed by atoms with Crippen LogP contribution in [0.4, 0.5) is 0 Å². The number of fused-ring (bicyclic) bond motifs is 1. The predicted octanol–water partition coefficient (Wildman–Crippen LogP) is 3.96. The fourth-order valence-electron chi connectivity index (χ4n) is 2.27. The molecule has 0 aliphatic heterocycles. The number of thiazole rings is 1. The van der Waals surface area contributed by atoms with Crippen LogP contribution in [0.2, 0.25) is 0 Å². The Kier molecular flexibility index (Phi) is 2.83. The maximum atomic E-state index is 9.39. The monoisotopic (exact) mass is 292 g/mol.